The molecule has 0 unspecified atom stereocenters. The molecule has 2 fully saturated rings. The number of rotatable bonds is 5. The van der Waals surface area contributed by atoms with Crippen molar-refractivity contribution in [2.75, 3.05) is 50.5 Å². The minimum Gasteiger partial charge on any atom is -0.340 e. The highest BCUT2D eigenvalue weighted by molar-refractivity contribution is 5.92. The van der Waals surface area contributed by atoms with Crippen LogP contribution in [-0.4, -0.2) is 79.0 Å². The Morgan fingerprint density at radius 1 is 0.776 bits per heavy atom. The van der Waals surface area contributed by atoms with Gasteiger partial charge in [0.05, 0.1) is 17.2 Å². The van der Waals surface area contributed by atoms with Gasteiger partial charge in [-0.05, 0) is 60.9 Å². The first-order valence-electron chi connectivity index (χ1n) is 15.5. The van der Waals surface area contributed by atoms with E-state index in [0.29, 0.717) is 54.2 Å². The largest absolute Gasteiger partial charge is 0.416 e. The van der Waals surface area contributed by atoms with Gasteiger partial charge in [-0.15, -0.1) is 0 Å². The highest BCUT2D eigenvalue weighted by Gasteiger charge is 2.43. The van der Waals surface area contributed by atoms with Crippen LogP contribution in [0.1, 0.15) is 35.4 Å². The number of hydrogen-bond donors (Lipinski definition) is 1. The van der Waals surface area contributed by atoms with E-state index < -0.39 is 58.9 Å². The Bertz CT molecular complexity index is 1630. The van der Waals surface area contributed by atoms with Crippen molar-refractivity contribution in [2.24, 2.45) is 5.92 Å². The number of amides is 5. The molecule has 5 amide bonds. The molecule has 5 rings (SSSR count). The average Bonchev–Trinajstić information content (AvgIpc) is 3.52. The van der Waals surface area contributed by atoms with Gasteiger partial charge in [0, 0.05) is 63.5 Å². The fourth-order valence-corrected chi connectivity index (χ4v) is 6.33. The van der Waals surface area contributed by atoms with Crippen LogP contribution in [0.25, 0.3) is 0 Å². The normalized spacial score (nSPS) is 18.7. The molecule has 2 aliphatic rings. The number of halogens is 7. The summed E-state index contributed by atoms with van der Waals surface area (Å²) in [5.74, 6) is -1.69. The molecule has 1 N–H and O–H groups in total. The molecule has 3 aromatic carbocycles. The Hall–Kier alpha value is -4.82. The average molecular weight is 694 g/mol. The van der Waals surface area contributed by atoms with Gasteiger partial charge < -0.3 is 20.0 Å². The second-order valence-corrected chi connectivity index (χ2v) is 12.2. The molecule has 0 aliphatic carbocycles. The van der Waals surface area contributed by atoms with E-state index in [2.05, 4.69) is 5.32 Å². The molecule has 2 heterocycles. The quantitative estimate of drug-likeness (QED) is 0.286. The molecule has 0 radical (unpaired) electrons. The number of carbonyl (C=O) groups is 3. The lowest BCUT2D eigenvalue weighted by molar-refractivity contribution is -0.143. The molecule has 8 nitrogen and oxygen atoms in total. The molecule has 2 saturated heterocycles. The van der Waals surface area contributed by atoms with Crippen molar-refractivity contribution in [3.8, 4) is 0 Å². The summed E-state index contributed by atoms with van der Waals surface area (Å²) in [4.78, 5) is 45.3. The van der Waals surface area contributed by atoms with Crippen molar-refractivity contribution < 1.29 is 45.1 Å². The number of piperidine rings is 1. The third-order valence-corrected chi connectivity index (χ3v) is 9.10. The number of anilines is 2. The van der Waals surface area contributed by atoms with Gasteiger partial charge in [-0.1, -0.05) is 30.3 Å². The van der Waals surface area contributed by atoms with Crippen LogP contribution in [0.4, 0.5) is 51.7 Å². The molecule has 3 aromatic rings. The standard InChI is InChI=1S/C34H34F7N5O3/c1-43(27-17-23(33(36,37)38)16-24(18-27)34(39,40)41)32(49)44(2)29-20-46(19-28(29)21-8-10-25(35)11-9-21)30(47)22-12-14-45(15-13-22)31(48)42-26-6-4-3-5-7-26/h3-11,16-18,22,28-29H,12-15,19-20H2,1-2H3,(H,42,48)/t28-,29+/m0/s1. The zero-order valence-electron chi connectivity index (χ0n) is 26.6. The number of likely N-dealkylation sites (N-methyl/N-ethyl adjacent to an activating group) is 1. The summed E-state index contributed by atoms with van der Waals surface area (Å²) in [5.41, 5.74) is -2.52. The number of nitrogens with zero attached hydrogens (tertiary/aromatic N) is 4. The topological polar surface area (TPSA) is 76.2 Å². The lowest BCUT2D eigenvalue weighted by Crippen LogP contribution is -2.48. The SMILES string of the molecule is CN(C(=O)N(C)[C@@H]1CN(C(=O)C2CCN(C(=O)Nc3ccccc3)CC2)C[C@H]1c1ccc(F)cc1)c1cc(C(F)(F)F)cc(C(F)(F)F)c1. The minimum atomic E-state index is -5.10. The molecule has 2 aliphatic heterocycles. The van der Waals surface area contributed by atoms with Gasteiger partial charge in [0.15, 0.2) is 0 Å². The van der Waals surface area contributed by atoms with Crippen LogP contribution in [0.5, 0.6) is 0 Å². The molecule has 15 heteroatoms. The minimum absolute atomic E-state index is 0.0159. The summed E-state index contributed by atoms with van der Waals surface area (Å²) in [7, 11) is 2.43. The second kappa shape index (κ2) is 14.0. The Morgan fingerprint density at radius 2 is 1.35 bits per heavy atom. The molecular weight excluding hydrogens is 659 g/mol. The molecule has 0 bridgehead atoms. The third kappa shape index (κ3) is 8.08. The van der Waals surface area contributed by atoms with Crippen molar-refractivity contribution in [3.63, 3.8) is 0 Å². The molecule has 0 saturated carbocycles. The number of nitrogens with one attached hydrogen (secondary N) is 1. The highest BCUT2D eigenvalue weighted by Crippen LogP contribution is 2.39. The smallest absolute Gasteiger partial charge is 0.340 e. The van der Waals surface area contributed by atoms with Crippen molar-refractivity contribution in [1.82, 2.24) is 14.7 Å². The van der Waals surface area contributed by atoms with Gasteiger partial charge in [0.25, 0.3) is 0 Å². The van der Waals surface area contributed by atoms with Crippen molar-refractivity contribution in [2.45, 2.75) is 37.2 Å². The maximum Gasteiger partial charge on any atom is 0.416 e. The van der Waals surface area contributed by atoms with Gasteiger partial charge in [0.1, 0.15) is 5.82 Å². The predicted octanol–water partition coefficient (Wildman–Crippen LogP) is 7.29. The van der Waals surface area contributed by atoms with Gasteiger partial charge >= 0.3 is 24.4 Å². The zero-order valence-corrected chi connectivity index (χ0v) is 26.6. The molecule has 2 atom stereocenters. The highest BCUT2D eigenvalue weighted by atomic mass is 19.4. The van der Waals surface area contributed by atoms with E-state index in [9.17, 15) is 45.1 Å². The van der Waals surface area contributed by atoms with E-state index in [4.69, 9.17) is 0 Å². The summed E-state index contributed by atoms with van der Waals surface area (Å²) in [5, 5.41) is 2.82. The molecular formula is C34H34F7N5O3. The Balaban J connectivity index is 1.32. The van der Waals surface area contributed by atoms with E-state index >= 15 is 0 Å². The van der Waals surface area contributed by atoms with Gasteiger partial charge in [-0.2, -0.15) is 26.3 Å². The van der Waals surface area contributed by atoms with E-state index in [1.54, 1.807) is 34.1 Å². The third-order valence-electron chi connectivity index (χ3n) is 9.10. The lowest BCUT2D eigenvalue weighted by atomic mass is 9.93. The van der Waals surface area contributed by atoms with Crippen LogP contribution in [0.3, 0.4) is 0 Å². The molecule has 0 aromatic heterocycles. The number of benzene rings is 3. The number of carbonyl (C=O) groups excluding carboxylic acids is 3. The first kappa shape index (κ1) is 35.5. The van der Waals surface area contributed by atoms with Gasteiger partial charge in [-0.3, -0.25) is 9.69 Å². The van der Waals surface area contributed by atoms with Gasteiger partial charge in [-0.25, -0.2) is 14.0 Å². The van der Waals surface area contributed by atoms with E-state index in [0.717, 1.165) is 7.05 Å². The predicted molar refractivity (Wildman–Crippen MR) is 167 cm³/mol. The summed E-state index contributed by atoms with van der Waals surface area (Å²) in [6, 6.07) is 13.4. The number of likely N-dealkylation sites (tertiary alicyclic amines) is 2. The van der Waals surface area contributed by atoms with Crippen LogP contribution < -0.4 is 10.2 Å². The van der Waals surface area contributed by atoms with Crippen molar-refractivity contribution in [1.29, 1.82) is 0 Å². The number of para-hydroxylation sites is 1. The van der Waals surface area contributed by atoms with Gasteiger partial charge in [0.2, 0.25) is 5.91 Å². The number of urea groups is 2. The van der Waals surface area contributed by atoms with Crippen LogP contribution in [0, 0.1) is 11.7 Å². The molecule has 0 spiro atoms. The van der Waals surface area contributed by atoms with Crippen LogP contribution in [0.15, 0.2) is 72.8 Å². The summed E-state index contributed by atoms with van der Waals surface area (Å²) >= 11 is 0. The fraction of sp³-hybridized carbons (Fsp3) is 0.382. The first-order valence-corrected chi connectivity index (χ1v) is 15.5. The monoisotopic (exact) mass is 693 g/mol. The van der Waals surface area contributed by atoms with Crippen LogP contribution in [0.2, 0.25) is 0 Å². The van der Waals surface area contributed by atoms with E-state index in [1.165, 1.54) is 36.2 Å². The summed E-state index contributed by atoms with van der Waals surface area (Å²) in [6.07, 6.45) is -9.43. The first-order chi connectivity index (χ1) is 23.0. The number of alkyl halides is 6. The maximum absolute atomic E-state index is 13.8. The maximum atomic E-state index is 13.8. The Kier molecular flexibility index (Phi) is 10.1. The summed E-state index contributed by atoms with van der Waals surface area (Å²) in [6.45, 7) is 0.802. The second-order valence-electron chi connectivity index (χ2n) is 12.2. The summed E-state index contributed by atoms with van der Waals surface area (Å²) < 4.78 is 95.0. The van der Waals surface area contributed by atoms with Crippen molar-refractivity contribution in [3.05, 3.63) is 95.3 Å². The fourth-order valence-electron chi connectivity index (χ4n) is 6.33. The lowest BCUT2D eigenvalue weighted by Gasteiger charge is -2.34. The molecule has 49 heavy (non-hydrogen) atoms. The Labute approximate surface area is 278 Å². The Morgan fingerprint density at radius 3 is 1.90 bits per heavy atom. The van der Waals surface area contributed by atoms with E-state index in [1.807, 2.05) is 6.07 Å². The van der Waals surface area contributed by atoms with E-state index in [-0.39, 0.29) is 31.1 Å². The van der Waals surface area contributed by atoms with Crippen LogP contribution in [-0.2, 0) is 17.1 Å². The van der Waals surface area contributed by atoms with Crippen LogP contribution >= 0.6 is 0 Å². The van der Waals surface area contributed by atoms with Crippen molar-refractivity contribution >= 4 is 29.3 Å². The zero-order chi connectivity index (χ0) is 35.7. The number of hydrogen-bond acceptors (Lipinski definition) is 3. The molecule has 262 valence electrons.